The number of hydrogen-bond donors (Lipinski definition) is 1. The fourth-order valence-corrected chi connectivity index (χ4v) is 3.28. The van der Waals surface area contributed by atoms with Crippen LogP contribution < -0.4 is 10.6 Å². The summed E-state index contributed by atoms with van der Waals surface area (Å²) in [5.74, 6) is 0. The van der Waals surface area contributed by atoms with Gasteiger partial charge in [0.05, 0.1) is 0 Å². The van der Waals surface area contributed by atoms with Gasteiger partial charge < -0.3 is 10.6 Å². The van der Waals surface area contributed by atoms with Gasteiger partial charge in [-0.05, 0) is 59.2 Å². The third-order valence-corrected chi connectivity index (χ3v) is 4.65. The lowest BCUT2D eigenvalue weighted by Crippen LogP contribution is -2.09. The van der Waals surface area contributed by atoms with E-state index in [2.05, 4.69) is 102 Å². The van der Waals surface area contributed by atoms with Crippen molar-refractivity contribution >= 4 is 17.1 Å². The van der Waals surface area contributed by atoms with Crippen LogP contribution in [0.15, 0.2) is 109 Å². The topological polar surface area (TPSA) is 29.3 Å². The van der Waals surface area contributed by atoms with E-state index in [0.29, 0.717) is 6.54 Å². The zero-order chi connectivity index (χ0) is 18.5. The molecule has 4 aromatic carbocycles. The van der Waals surface area contributed by atoms with E-state index >= 15 is 0 Å². The van der Waals surface area contributed by atoms with E-state index in [4.69, 9.17) is 5.73 Å². The lowest BCUT2D eigenvalue weighted by atomic mass is 10.0. The summed E-state index contributed by atoms with van der Waals surface area (Å²) in [6.45, 7) is 0.557. The fourth-order valence-electron chi connectivity index (χ4n) is 3.28. The Balaban J connectivity index is 1.73. The molecule has 0 heterocycles. The Morgan fingerprint density at radius 3 is 1.63 bits per heavy atom. The second-order valence-electron chi connectivity index (χ2n) is 6.46. The van der Waals surface area contributed by atoms with Crippen LogP contribution in [0.3, 0.4) is 0 Å². The highest BCUT2D eigenvalue weighted by Gasteiger charge is 2.11. The van der Waals surface area contributed by atoms with Crippen molar-refractivity contribution in [2.45, 2.75) is 6.54 Å². The summed E-state index contributed by atoms with van der Waals surface area (Å²) in [6, 6.07) is 38.0. The Labute approximate surface area is 160 Å². The molecule has 0 bridgehead atoms. The Morgan fingerprint density at radius 2 is 1.07 bits per heavy atom. The van der Waals surface area contributed by atoms with Gasteiger partial charge in [-0.2, -0.15) is 0 Å². The molecule has 0 aromatic heterocycles. The van der Waals surface area contributed by atoms with Gasteiger partial charge >= 0.3 is 0 Å². The van der Waals surface area contributed by atoms with Crippen molar-refractivity contribution in [3.05, 3.63) is 115 Å². The predicted molar refractivity (Wildman–Crippen MR) is 114 cm³/mol. The van der Waals surface area contributed by atoms with E-state index in [9.17, 15) is 0 Å². The third-order valence-electron chi connectivity index (χ3n) is 4.65. The molecule has 0 saturated heterocycles. The van der Waals surface area contributed by atoms with Crippen molar-refractivity contribution in [3.8, 4) is 11.1 Å². The van der Waals surface area contributed by atoms with E-state index in [1.54, 1.807) is 0 Å². The standard InChI is InChI=1S/C25H22N2/c26-19-20-8-7-9-22(18-20)21-14-16-25(17-15-21)27(23-10-3-1-4-11-23)24-12-5-2-6-13-24/h1-18H,19,26H2. The average molecular weight is 350 g/mol. The molecule has 2 N–H and O–H groups in total. The number of para-hydroxylation sites is 2. The van der Waals surface area contributed by atoms with E-state index in [-0.39, 0.29) is 0 Å². The minimum atomic E-state index is 0.557. The molecule has 0 amide bonds. The van der Waals surface area contributed by atoms with Gasteiger partial charge in [-0.1, -0.05) is 66.7 Å². The molecule has 0 aliphatic heterocycles. The zero-order valence-electron chi connectivity index (χ0n) is 15.1. The molecule has 2 heteroatoms. The van der Waals surface area contributed by atoms with Crippen LogP contribution in [0.25, 0.3) is 11.1 Å². The first kappa shape index (κ1) is 17.1. The van der Waals surface area contributed by atoms with Crippen LogP contribution in [0, 0.1) is 0 Å². The molecule has 0 unspecified atom stereocenters. The van der Waals surface area contributed by atoms with Crippen LogP contribution in [0.2, 0.25) is 0 Å². The molecule has 0 aliphatic carbocycles. The summed E-state index contributed by atoms with van der Waals surface area (Å²) in [7, 11) is 0. The molecule has 0 saturated carbocycles. The number of nitrogens with zero attached hydrogens (tertiary/aromatic N) is 1. The van der Waals surface area contributed by atoms with Gasteiger partial charge in [-0.15, -0.1) is 0 Å². The lowest BCUT2D eigenvalue weighted by molar-refractivity contribution is 1.07. The quantitative estimate of drug-likeness (QED) is 0.459. The van der Waals surface area contributed by atoms with Crippen molar-refractivity contribution in [2.24, 2.45) is 5.73 Å². The van der Waals surface area contributed by atoms with Crippen molar-refractivity contribution in [3.63, 3.8) is 0 Å². The Morgan fingerprint density at radius 1 is 0.519 bits per heavy atom. The summed E-state index contributed by atoms with van der Waals surface area (Å²) in [4.78, 5) is 2.26. The maximum atomic E-state index is 5.78. The Kier molecular flexibility index (Phi) is 4.99. The zero-order valence-corrected chi connectivity index (χ0v) is 15.1. The van der Waals surface area contributed by atoms with E-state index in [1.165, 1.54) is 11.1 Å². The van der Waals surface area contributed by atoms with Gasteiger partial charge in [0.2, 0.25) is 0 Å². The fraction of sp³-hybridized carbons (Fsp3) is 0.0400. The van der Waals surface area contributed by atoms with E-state index in [0.717, 1.165) is 22.6 Å². The van der Waals surface area contributed by atoms with Crippen molar-refractivity contribution in [2.75, 3.05) is 4.90 Å². The molecule has 0 radical (unpaired) electrons. The highest BCUT2D eigenvalue weighted by atomic mass is 15.1. The molecule has 0 aliphatic rings. The van der Waals surface area contributed by atoms with Crippen molar-refractivity contribution in [1.82, 2.24) is 0 Å². The minimum Gasteiger partial charge on any atom is -0.326 e. The normalized spacial score (nSPS) is 10.6. The van der Waals surface area contributed by atoms with Gasteiger partial charge in [0, 0.05) is 23.6 Å². The largest absolute Gasteiger partial charge is 0.326 e. The van der Waals surface area contributed by atoms with Gasteiger partial charge in [0.25, 0.3) is 0 Å². The first-order valence-electron chi connectivity index (χ1n) is 9.15. The lowest BCUT2D eigenvalue weighted by Gasteiger charge is -2.25. The SMILES string of the molecule is NCc1cccc(-c2ccc(N(c3ccccc3)c3ccccc3)cc2)c1. The summed E-state index contributed by atoms with van der Waals surface area (Å²) < 4.78 is 0. The van der Waals surface area contributed by atoms with Gasteiger partial charge in [-0.25, -0.2) is 0 Å². The highest BCUT2D eigenvalue weighted by molar-refractivity contribution is 5.78. The maximum absolute atomic E-state index is 5.78. The average Bonchev–Trinajstić information content (AvgIpc) is 2.76. The highest BCUT2D eigenvalue weighted by Crippen LogP contribution is 2.35. The first-order valence-corrected chi connectivity index (χ1v) is 9.15. The number of anilines is 3. The van der Waals surface area contributed by atoms with Gasteiger partial charge in [0.1, 0.15) is 0 Å². The molecule has 0 fully saturated rings. The minimum absolute atomic E-state index is 0.557. The van der Waals surface area contributed by atoms with E-state index < -0.39 is 0 Å². The smallest absolute Gasteiger partial charge is 0.0462 e. The summed E-state index contributed by atoms with van der Waals surface area (Å²) in [6.07, 6.45) is 0. The summed E-state index contributed by atoms with van der Waals surface area (Å²) in [5.41, 5.74) is 12.7. The van der Waals surface area contributed by atoms with Crippen LogP contribution in [-0.2, 0) is 6.54 Å². The number of benzene rings is 4. The maximum Gasteiger partial charge on any atom is 0.0462 e. The predicted octanol–water partition coefficient (Wildman–Crippen LogP) is 6.28. The van der Waals surface area contributed by atoms with Crippen LogP contribution in [0.5, 0.6) is 0 Å². The van der Waals surface area contributed by atoms with Crippen LogP contribution >= 0.6 is 0 Å². The molecular formula is C25H22N2. The van der Waals surface area contributed by atoms with Crippen molar-refractivity contribution < 1.29 is 0 Å². The Hall–Kier alpha value is -3.36. The van der Waals surface area contributed by atoms with Crippen LogP contribution in [-0.4, -0.2) is 0 Å². The second-order valence-corrected chi connectivity index (χ2v) is 6.46. The molecule has 27 heavy (non-hydrogen) atoms. The van der Waals surface area contributed by atoms with Gasteiger partial charge in [-0.3, -0.25) is 0 Å². The number of rotatable bonds is 5. The molecule has 0 atom stereocenters. The van der Waals surface area contributed by atoms with E-state index in [1.807, 2.05) is 12.1 Å². The third kappa shape index (κ3) is 3.76. The summed E-state index contributed by atoms with van der Waals surface area (Å²) >= 11 is 0. The molecular weight excluding hydrogens is 328 g/mol. The van der Waals surface area contributed by atoms with Gasteiger partial charge in [0.15, 0.2) is 0 Å². The van der Waals surface area contributed by atoms with Crippen molar-refractivity contribution in [1.29, 1.82) is 0 Å². The summed E-state index contributed by atoms with van der Waals surface area (Å²) in [5, 5.41) is 0. The molecule has 132 valence electrons. The Bertz CT molecular complexity index is 954. The monoisotopic (exact) mass is 350 g/mol. The van der Waals surface area contributed by atoms with Crippen LogP contribution in [0.4, 0.5) is 17.1 Å². The first-order chi connectivity index (χ1) is 13.3. The number of hydrogen-bond acceptors (Lipinski definition) is 2. The molecule has 4 aromatic rings. The molecule has 0 spiro atoms. The molecule has 2 nitrogen and oxygen atoms in total. The number of nitrogens with two attached hydrogens (primary N) is 1. The van der Waals surface area contributed by atoms with Crippen LogP contribution in [0.1, 0.15) is 5.56 Å². The second kappa shape index (κ2) is 7.90. The molecule has 4 rings (SSSR count).